The summed E-state index contributed by atoms with van der Waals surface area (Å²) in [5, 5.41) is 15.8. The third-order valence-electron chi connectivity index (χ3n) is 8.33. The van der Waals surface area contributed by atoms with Gasteiger partial charge in [-0.3, -0.25) is 19.2 Å². The maximum atomic E-state index is 13.7. The second-order valence-corrected chi connectivity index (χ2v) is 13.3. The van der Waals surface area contributed by atoms with Gasteiger partial charge >= 0.3 is 0 Å². The van der Waals surface area contributed by atoms with Crippen molar-refractivity contribution in [3.05, 3.63) is 57.7 Å². The van der Waals surface area contributed by atoms with Crippen LogP contribution in [-0.4, -0.2) is 101 Å². The van der Waals surface area contributed by atoms with E-state index in [4.69, 9.17) is 26.0 Å². The number of halogens is 1. The molecular weight excluding hydrogens is 602 g/mol. The monoisotopic (exact) mass is 639 g/mol. The number of ether oxygens (including phenoxy) is 1. The molecule has 44 heavy (non-hydrogen) atoms. The number of rotatable bonds is 10. The van der Waals surface area contributed by atoms with Crippen LogP contribution in [0, 0.1) is 0 Å². The second kappa shape index (κ2) is 13.8. The zero-order valence-electron chi connectivity index (χ0n) is 25.1. The van der Waals surface area contributed by atoms with E-state index in [1.165, 1.54) is 11.3 Å². The molecule has 0 bridgehead atoms. The first-order valence-corrected chi connectivity index (χ1v) is 16.4. The fourth-order valence-corrected chi connectivity index (χ4v) is 6.77. The lowest BCUT2D eigenvalue weighted by Gasteiger charge is -2.34. The van der Waals surface area contributed by atoms with Gasteiger partial charge in [0, 0.05) is 68.4 Å². The van der Waals surface area contributed by atoms with Gasteiger partial charge in [-0.15, -0.1) is 11.3 Å². The van der Waals surface area contributed by atoms with Gasteiger partial charge in [0.15, 0.2) is 11.5 Å². The Hall–Kier alpha value is -3.29. The van der Waals surface area contributed by atoms with Crippen LogP contribution in [0.15, 0.2) is 40.9 Å². The first kappa shape index (κ1) is 30.7. The van der Waals surface area contributed by atoms with Gasteiger partial charge in [-0.2, -0.15) is 5.10 Å². The number of hydrogen-bond donors (Lipinski definition) is 2. The summed E-state index contributed by atoms with van der Waals surface area (Å²) in [5.74, 6) is 0.196. The summed E-state index contributed by atoms with van der Waals surface area (Å²) >= 11 is 7.51. The average Bonchev–Trinajstić information content (AvgIpc) is 3.77. The molecule has 2 aliphatic heterocycles. The van der Waals surface area contributed by atoms with E-state index in [2.05, 4.69) is 39.4 Å². The number of thiophene rings is 1. The van der Waals surface area contributed by atoms with Gasteiger partial charge in [0.05, 0.1) is 34.5 Å². The molecule has 0 radical (unpaired) electrons. The Kier molecular flexibility index (Phi) is 9.62. The highest BCUT2D eigenvalue weighted by molar-refractivity contribution is 7.19. The van der Waals surface area contributed by atoms with Gasteiger partial charge in [0.1, 0.15) is 5.69 Å². The van der Waals surface area contributed by atoms with Crippen LogP contribution in [0.1, 0.15) is 53.2 Å². The third kappa shape index (κ3) is 7.16. The van der Waals surface area contributed by atoms with Gasteiger partial charge in [-0.1, -0.05) is 16.8 Å². The van der Waals surface area contributed by atoms with Crippen LogP contribution in [0.2, 0.25) is 4.34 Å². The Morgan fingerprint density at radius 2 is 1.86 bits per heavy atom. The SMILES string of the molecule is CC(C)N1CCC(NC(=O)c2nn(Cc3cc(-c4ccc(Cl)s4)on3)c3ccc(C(=O)NCCN4CCOCC4)cc23)CC1. The Balaban J connectivity index is 1.22. The van der Waals surface area contributed by atoms with Crippen molar-refractivity contribution in [2.75, 3.05) is 52.5 Å². The number of likely N-dealkylation sites (tertiary alicyclic amines) is 1. The molecule has 2 fully saturated rings. The summed E-state index contributed by atoms with van der Waals surface area (Å²) in [4.78, 5) is 32.4. The molecule has 11 nitrogen and oxygen atoms in total. The highest BCUT2D eigenvalue weighted by Crippen LogP contribution is 2.32. The first-order valence-electron chi connectivity index (χ1n) is 15.2. The van der Waals surface area contributed by atoms with E-state index in [1.54, 1.807) is 16.8 Å². The highest BCUT2D eigenvalue weighted by atomic mass is 35.5. The van der Waals surface area contributed by atoms with E-state index in [0.717, 1.165) is 56.0 Å². The number of nitrogens with zero attached hydrogens (tertiary/aromatic N) is 5. The molecular formula is C31H38ClN7O4S. The second-order valence-electron chi connectivity index (χ2n) is 11.6. The molecule has 13 heteroatoms. The van der Waals surface area contributed by atoms with Gasteiger partial charge in [-0.05, 0) is 57.0 Å². The van der Waals surface area contributed by atoms with Crippen molar-refractivity contribution >= 4 is 45.7 Å². The van der Waals surface area contributed by atoms with Crippen LogP contribution in [-0.2, 0) is 11.3 Å². The number of fused-ring (bicyclic) bond motifs is 1. The van der Waals surface area contributed by atoms with Crippen LogP contribution in [0.25, 0.3) is 21.5 Å². The largest absolute Gasteiger partial charge is 0.379 e. The predicted molar refractivity (Wildman–Crippen MR) is 170 cm³/mol. The molecule has 1 aromatic carbocycles. The minimum Gasteiger partial charge on any atom is -0.379 e. The van der Waals surface area contributed by atoms with Crippen LogP contribution in [0.3, 0.4) is 0 Å². The Morgan fingerprint density at radius 1 is 1.07 bits per heavy atom. The van der Waals surface area contributed by atoms with E-state index in [9.17, 15) is 9.59 Å². The number of morpholine rings is 1. The van der Waals surface area contributed by atoms with E-state index < -0.39 is 0 Å². The predicted octanol–water partition coefficient (Wildman–Crippen LogP) is 4.12. The van der Waals surface area contributed by atoms with Crippen molar-refractivity contribution in [2.45, 2.75) is 45.3 Å². The van der Waals surface area contributed by atoms with Crippen molar-refractivity contribution in [3.63, 3.8) is 0 Å². The average molecular weight is 640 g/mol. The summed E-state index contributed by atoms with van der Waals surface area (Å²) in [6.07, 6.45) is 1.77. The highest BCUT2D eigenvalue weighted by Gasteiger charge is 2.26. The van der Waals surface area contributed by atoms with Crippen molar-refractivity contribution in [2.24, 2.45) is 0 Å². The Morgan fingerprint density at radius 3 is 2.59 bits per heavy atom. The lowest BCUT2D eigenvalue weighted by atomic mass is 10.0. The van der Waals surface area contributed by atoms with Crippen molar-refractivity contribution in [1.29, 1.82) is 0 Å². The topological polar surface area (TPSA) is 118 Å². The summed E-state index contributed by atoms with van der Waals surface area (Å²) < 4.78 is 13.4. The van der Waals surface area contributed by atoms with Crippen LogP contribution in [0.5, 0.6) is 0 Å². The van der Waals surface area contributed by atoms with Gasteiger partial charge in [0.2, 0.25) is 0 Å². The molecule has 0 spiro atoms. The van der Waals surface area contributed by atoms with E-state index in [0.29, 0.717) is 64.8 Å². The molecule has 5 heterocycles. The third-order valence-corrected chi connectivity index (χ3v) is 9.57. The van der Waals surface area contributed by atoms with Gasteiger partial charge < -0.3 is 24.8 Å². The standard InChI is InChI=1S/C31H38ClN7O4S/c1-20(2)38-10-7-22(8-11-38)34-31(41)29-24-17-21(30(40)33-9-12-37-13-15-42-16-14-37)3-4-25(24)39(35-29)19-23-18-26(43-36-23)27-5-6-28(32)44-27/h3-6,17-18,20,22H,7-16,19H2,1-2H3,(H,33,40)(H,34,41). The van der Waals surface area contributed by atoms with Gasteiger partial charge in [0.25, 0.3) is 11.8 Å². The molecule has 2 aliphatic rings. The first-order chi connectivity index (χ1) is 21.3. The minimum absolute atomic E-state index is 0.0695. The van der Waals surface area contributed by atoms with Crippen LogP contribution < -0.4 is 10.6 Å². The smallest absolute Gasteiger partial charge is 0.272 e. The van der Waals surface area contributed by atoms with Crippen LogP contribution >= 0.6 is 22.9 Å². The van der Waals surface area contributed by atoms with E-state index in [1.807, 2.05) is 24.3 Å². The maximum absolute atomic E-state index is 13.7. The maximum Gasteiger partial charge on any atom is 0.272 e. The fourth-order valence-electron chi connectivity index (χ4n) is 5.78. The molecule has 6 rings (SSSR count). The summed E-state index contributed by atoms with van der Waals surface area (Å²) in [6, 6.07) is 11.5. The molecule has 0 saturated carbocycles. The number of amides is 2. The minimum atomic E-state index is -0.240. The molecule has 2 N–H and O–H groups in total. The Labute approximate surface area is 265 Å². The summed E-state index contributed by atoms with van der Waals surface area (Å²) in [7, 11) is 0. The lowest BCUT2D eigenvalue weighted by Crippen LogP contribution is -2.46. The molecule has 234 valence electrons. The van der Waals surface area contributed by atoms with Crippen molar-refractivity contribution < 1.29 is 18.8 Å². The number of hydrogen-bond acceptors (Lipinski definition) is 9. The number of nitrogens with one attached hydrogen (secondary N) is 2. The number of carbonyl (C=O) groups is 2. The molecule has 2 amide bonds. The van der Waals surface area contributed by atoms with Crippen molar-refractivity contribution in [3.8, 4) is 10.6 Å². The molecule has 4 aromatic rings. The number of carbonyl (C=O) groups excluding carboxylic acids is 2. The number of aromatic nitrogens is 3. The van der Waals surface area contributed by atoms with E-state index in [-0.39, 0.29) is 17.9 Å². The molecule has 0 unspecified atom stereocenters. The number of piperidine rings is 1. The summed E-state index contributed by atoms with van der Waals surface area (Å²) in [5.41, 5.74) is 2.17. The number of benzene rings is 1. The molecule has 3 aromatic heterocycles. The Bertz CT molecular complexity index is 1600. The van der Waals surface area contributed by atoms with Crippen LogP contribution in [0.4, 0.5) is 0 Å². The molecule has 2 saturated heterocycles. The lowest BCUT2D eigenvalue weighted by molar-refractivity contribution is 0.0383. The normalized spacial score (nSPS) is 17.0. The molecule has 0 atom stereocenters. The van der Waals surface area contributed by atoms with E-state index >= 15 is 0 Å². The summed E-state index contributed by atoms with van der Waals surface area (Å²) in [6.45, 7) is 11.0. The molecule has 0 aliphatic carbocycles. The fraction of sp³-hybridized carbons (Fsp3) is 0.484. The zero-order valence-corrected chi connectivity index (χ0v) is 26.6. The zero-order chi connectivity index (χ0) is 30.6. The van der Waals surface area contributed by atoms with Crippen molar-refractivity contribution in [1.82, 2.24) is 35.4 Å². The quantitative estimate of drug-likeness (QED) is 0.266. The van der Waals surface area contributed by atoms with Gasteiger partial charge in [-0.25, -0.2) is 0 Å².